The number of halogens is 2. The van der Waals surface area contributed by atoms with Crippen molar-refractivity contribution in [3.05, 3.63) is 81.8 Å². The Kier molecular flexibility index (Phi) is 10.6. The molecule has 0 aromatic heterocycles. The van der Waals surface area contributed by atoms with Crippen LogP contribution in [0.3, 0.4) is 0 Å². The standard InChI is InChI=1S/C27H23Cl2N3O6S.Na/c1-3-16-22(39(35,36)37)13-12-19(28)23(16)31-32-24-17-9-6-5-8-15(17)14-18(25(24)33)27(34)30-21-11-7-10-20(29)26(21)38-4-2;/h5-14,33H,3-4H2,1-2H3,(H,30,34)(H,35,36,37);/q;+1/p-1. The van der Waals surface area contributed by atoms with Crippen LogP contribution in [-0.4, -0.2) is 25.5 Å². The molecule has 0 saturated heterocycles. The molecule has 0 spiro atoms. The van der Waals surface area contributed by atoms with Crippen molar-refractivity contribution in [3.8, 4) is 11.5 Å². The van der Waals surface area contributed by atoms with E-state index >= 15 is 0 Å². The van der Waals surface area contributed by atoms with Crippen LogP contribution >= 0.6 is 23.2 Å². The topological polar surface area (TPSA) is 140 Å². The van der Waals surface area contributed by atoms with Crippen molar-refractivity contribution < 1.29 is 57.2 Å². The summed E-state index contributed by atoms with van der Waals surface area (Å²) in [7, 11) is -4.56. The van der Waals surface area contributed by atoms with E-state index in [9.17, 15) is 22.9 Å². The summed E-state index contributed by atoms with van der Waals surface area (Å²) in [4.78, 5) is 12.9. The number of ether oxygens (including phenoxy) is 1. The Morgan fingerprint density at radius 3 is 2.38 bits per heavy atom. The van der Waals surface area contributed by atoms with Crippen LogP contribution in [-0.2, 0) is 16.5 Å². The third-order valence-corrected chi connectivity index (χ3v) is 7.34. The fourth-order valence-corrected chi connectivity index (χ4v) is 5.28. The monoisotopic (exact) mass is 609 g/mol. The fraction of sp³-hybridized carbons (Fsp3) is 0.148. The molecule has 0 heterocycles. The SMILES string of the molecule is CCOc1c(Cl)cccc1NC(=O)c1cc2ccccc2c(N=Nc2c(Cl)ccc(S(=O)(=O)O)c2CC)c1[O-].[Na+]. The van der Waals surface area contributed by atoms with Crippen LogP contribution in [0.1, 0.15) is 29.8 Å². The molecule has 1 amide bonds. The van der Waals surface area contributed by atoms with Crippen molar-refractivity contribution in [2.24, 2.45) is 10.2 Å². The minimum absolute atomic E-state index is 0. The first kappa shape index (κ1) is 31.8. The van der Waals surface area contributed by atoms with Gasteiger partial charge in [-0.15, -0.1) is 5.11 Å². The number of rotatable bonds is 8. The van der Waals surface area contributed by atoms with Gasteiger partial charge in [0.25, 0.3) is 16.0 Å². The van der Waals surface area contributed by atoms with Crippen molar-refractivity contribution >= 4 is 67.1 Å². The number of para-hydroxylation sites is 1. The van der Waals surface area contributed by atoms with Gasteiger partial charge in [-0.2, -0.15) is 13.5 Å². The van der Waals surface area contributed by atoms with E-state index in [-0.39, 0.29) is 79.8 Å². The van der Waals surface area contributed by atoms with E-state index < -0.39 is 21.8 Å². The Balaban J connectivity index is 0.00000441. The summed E-state index contributed by atoms with van der Waals surface area (Å²) >= 11 is 12.5. The van der Waals surface area contributed by atoms with E-state index in [1.54, 1.807) is 56.3 Å². The van der Waals surface area contributed by atoms with Gasteiger partial charge >= 0.3 is 29.6 Å². The van der Waals surface area contributed by atoms with Crippen LogP contribution < -0.4 is 44.7 Å². The van der Waals surface area contributed by atoms with E-state index in [1.807, 2.05) is 0 Å². The number of azo groups is 1. The molecule has 0 aliphatic carbocycles. The number of hydrogen-bond acceptors (Lipinski definition) is 7. The largest absolute Gasteiger partial charge is 1.00 e. The minimum Gasteiger partial charge on any atom is -0.870 e. The Morgan fingerprint density at radius 2 is 1.70 bits per heavy atom. The van der Waals surface area contributed by atoms with Crippen molar-refractivity contribution in [1.29, 1.82) is 0 Å². The number of benzene rings is 4. The molecule has 202 valence electrons. The van der Waals surface area contributed by atoms with Crippen molar-refractivity contribution in [2.75, 3.05) is 11.9 Å². The van der Waals surface area contributed by atoms with E-state index in [2.05, 4.69) is 15.5 Å². The first-order chi connectivity index (χ1) is 18.6. The van der Waals surface area contributed by atoms with Gasteiger partial charge in [0.2, 0.25) is 0 Å². The van der Waals surface area contributed by atoms with Gasteiger partial charge in [0, 0.05) is 16.5 Å². The molecule has 0 atom stereocenters. The van der Waals surface area contributed by atoms with Gasteiger partial charge in [-0.3, -0.25) is 9.35 Å². The maximum Gasteiger partial charge on any atom is 1.00 e. The second-order valence-corrected chi connectivity index (χ2v) is 10.4. The summed E-state index contributed by atoms with van der Waals surface area (Å²) in [6, 6.07) is 15.5. The molecule has 0 saturated carbocycles. The summed E-state index contributed by atoms with van der Waals surface area (Å²) in [5.41, 5.74) is 0.0338. The third kappa shape index (κ3) is 6.60. The Hall–Kier alpha value is -2.70. The van der Waals surface area contributed by atoms with Gasteiger partial charge in [-0.25, -0.2) is 0 Å². The van der Waals surface area contributed by atoms with Crippen LogP contribution in [0.4, 0.5) is 17.1 Å². The maximum absolute atomic E-state index is 13.5. The van der Waals surface area contributed by atoms with Crippen LogP contribution in [0.25, 0.3) is 10.8 Å². The van der Waals surface area contributed by atoms with Gasteiger partial charge < -0.3 is 15.2 Å². The second-order valence-electron chi connectivity index (χ2n) is 8.23. The Labute approximate surface area is 263 Å². The van der Waals surface area contributed by atoms with Gasteiger partial charge in [0.15, 0.2) is 5.75 Å². The molecule has 0 unspecified atom stereocenters. The molecule has 13 heteroatoms. The van der Waals surface area contributed by atoms with Crippen LogP contribution in [0.5, 0.6) is 11.5 Å². The van der Waals surface area contributed by atoms with E-state index in [0.717, 1.165) is 0 Å². The van der Waals surface area contributed by atoms with Crippen LogP contribution in [0.15, 0.2) is 75.8 Å². The summed E-state index contributed by atoms with van der Waals surface area (Å²) in [6.07, 6.45) is 0.152. The summed E-state index contributed by atoms with van der Waals surface area (Å²) in [6.45, 7) is 3.74. The maximum atomic E-state index is 13.5. The molecule has 0 fully saturated rings. The molecule has 4 rings (SSSR count). The summed E-state index contributed by atoms with van der Waals surface area (Å²) < 4.78 is 38.9. The van der Waals surface area contributed by atoms with Crippen LogP contribution in [0, 0.1) is 0 Å². The predicted molar refractivity (Wildman–Crippen MR) is 149 cm³/mol. The summed E-state index contributed by atoms with van der Waals surface area (Å²) in [5.74, 6) is -1.16. The van der Waals surface area contributed by atoms with Gasteiger partial charge in [0.1, 0.15) is 5.69 Å². The molecule has 9 nitrogen and oxygen atoms in total. The average Bonchev–Trinajstić information content (AvgIpc) is 2.89. The first-order valence-electron chi connectivity index (χ1n) is 11.7. The number of carbonyl (C=O) groups excluding carboxylic acids is 1. The Morgan fingerprint density at radius 1 is 1.00 bits per heavy atom. The zero-order chi connectivity index (χ0) is 28.3. The zero-order valence-corrected chi connectivity index (χ0v) is 26.1. The minimum atomic E-state index is -4.56. The number of nitrogens with zero attached hydrogens (tertiary/aromatic N) is 2. The molecule has 0 bridgehead atoms. The van der Waals surface area contributed by atoms with Gasteiger partial charge in [-0.1, -0.05) is 66.2 Å². The number of nitrogens with one attached hydrogen (secondary N) is 1. The molecule has 4 aromatic carbocycles. The van der Waals surface area contributed by atoms with Gasteiger partial charge in [0.05, 0.1) is 32.9 Å². The molecule has 0 aliphatic rings. The molecule has 0 radical (unpaired) electrons. The molecular formula is C27H22Cl2N3NaO6S. The number of carbonyl (C=O) groups is 1. The predicted octanol–water partition coefficient (Wildman–Crippen LogP) is 4.10. The molecule has 4 aromatic rings. The van der Waals surface area contributed by atoms with E-state index in [1.165, 1.54) is 18.2 Å². The number of fused-ring (bicyclic) bond motifs is 1. The summed E-state index contributed by atoms with van der Waals surface area (Å²) in [5, 5.41) is 25.8. The average molecular weight is 610 g/mol. The van der Waals surface area contributed by atoms with Gasteiger partial charge in [-0.05, 0) is 49.1 Å². The number of hydrogen-bond donors (Lipinski definition) is 2. The van der Waals surface area contributed by atoms with E-state index in [0.29, 0.717) is 22.4 Å². The zero-order valence-electron chi connectivity index (χ0n) is 21.7. The third-order valence-electron chi connectivity index (χ3n) is 5.80. The van der Waals surface area contributed by atoms with Crippen molar-refractivity contribution in [3.63, 3.8) is 0 Å². The Bertz CT molecular complexity index is 1730. The molecule has 0 aliphatic heterocycles. The normalized spacial score (nSPS) is 11.4. The fourth-order valence-electron chi connectivity index (χ4n) is 4.05. The first-order valence-corrected chi connectivity index (χ1v) is 13.9. The molecule has 40 heavy (non-hydrogen) atoms. The van der Waals surface area contributed by atoms with E-state index in [4.69, 9.17) is 27.9 Å². The molecular weight excluding hydrogens is 588 g/mol. The van der Waals surface area contributed by atoms with Crippen LogP contribution in [0.2, 0.25) is 10.0 Å². The smallest absolute Gasteiger partial charge is 0.870 e. The quantitative estimate of drug-likeness (QED) is 0.175. The second kappa shape index (κ2) is 13.3. The number of anilines is 1. The van der Waals surface area contributed by atoms with Crippen molar-refractivity contribution in [1.82, 2.24) is 0 Å². The number of amides is 1. The van der Waals surface area contributed by atoms with Crippen molar-refractivity contribution in [2.45, 2.75) is 25.2 Å². The molecule has 2 N–H and O–H groups in total.